The molecule has 2 rings (SSSR count). The molecule has 6 heteroatoms. The highest BCUT2D eigenvalue weighted by molar-refractivity contribution is 9.10. The third kappa shape index (κ3) is 2.95. The number of carbonyl (C=O) groups is 1. The molecule has 2 aromatic rings. The molecule has 94 valence electrons. The number of esters is 1. The summed E-state index contributed by atoms with van der Waals surface area (Å²) >= 11 is 3.46. The highest BCUT2D eigenvalue weighted by Gasteiger charge is 2.11. The van der Waals surface area contributed by atoms with Crippen molar-refractivity contribution in [2.24, 2.45) is 0 Å². The van der Waals surface area contributed by atoms with Crippen LogP contribution in [-0.2, 0) is 11.3 Å². The minimum atomic E-state index is -0.448. The van der Waals surface area contributed by atoms with Gasteiger partial charge < -0.3 is 4.74 Å². The van der Waals surface area contributed by atoms with Gasteiger partial charge in [0.25, 0.3) is 0 Å². The van der Waals surface area contributed by atoms with E-state index in [-0.39, 0.29) is 5.69 Å². The largest absolute Gasteiger partial charge is 0.461 e. The Hall–Kier alpha value is -1.69. The van der Waals surface area contributed by atoms with Crippen LogP contribution in [0.3, 0.4) is 0 Å². The van der Waals surface area contributed by atoms with Crippen molar-refractivity contribution in [1.82, 2.24) is 15.0 Å². The van der Waals surface area contributed by atoms with Crippen LogP contribution in [0.1, 0.15) is 23.0 Å². The Kier molecular flexibility index (Phi) is 4.09. The average Bonchev–Trinajstić information content (AvgIpc) is 2.81. The van der Waals surface area contributed by atoms with Gasteiger partial charge in [-0.25, -0.2) is 9.48 Å². The molecule has 0 saturated heterocycles. The van der Waals surface area contributed by atoms with Gasteiger partial charge in [0.05, 0.1) is 19.3 Å². The van der Waals surface area contributed by atoms with Crippen LogP contribution in [0.2, 0.25) is 0 Å². The molecule has 5 nitrogen and oxygen atoms in total. The quantitative estimate of drug-likeness (QED) is 0.813. The van der Waals surface area contributed by atoms with Crippen molar-refractivity contribution >= 4 is 21.9 Å². The van der Waals surface area contributed by atoms with E-state index in [9.17, 15) is 4.79 Å². The monoisotopic (exact) mass is 309 g/mol. The van der Waals surface area contributed by atoms with Crippen molar-refractivity contribution < 1.29 is 9.53 Å². The molecule has 0 aliphatic heterocycles. The molecule has 0 spiro atoms. The van der Waals surface area contributed by atoms with Gasteiger partial charge in [0.2, 0.25) is 0 Å². The number of benzene rings is 1. The molecule has 1 heterocycles. The van der Waals surface area contributed by atoms with E-state index in [0.29, 0.717) is 13.2 Å². The van der Waals surface area contributed by atoms with E-state index in [1.54, 1.807) is 17.8 Å². The van der Waals surface area contributed by atoms with Crippen LogP contribution in [0.5, 0.6) is 0 Å². The topological polar surface area (TPSA) is 57.0 Å². The van der Waals surface area contributed by atoms with Gasteiger partial charge in [0.15, 0.2) is 5.69 Å². The normalized spacial score (nSPS) is 10.3. The summed E-state index contributed by atoms with van der Waals surface area (Å²) in [5, 5.41) is 7.68. The first-order valence-corrected chi connectivity index (χ1v) is 6.30. The smallest absolute Gasteiger partial charge is 0.360 e. The molecule has 0 fully saturated rings. The molecule has 0 saturated carbocycles. The predicted molar refractivity (Wildman–Crippen MR) is 69.2 cm³/mol. The van der Waals surface area contributed by atoms with Gasteiger partial charge in [-0.3, -0.25) is 0 Å². The number of nitrogens with zero attached hydrogens (tertiary/aromatic N) is 3. The molecule has 1 aromatic heterocycles. The van der Waals surface area contributed by atoms with Crippen molar-refractivity contribution in [2.45, 2.75) is 13.5 Å². The standard InChI is InChI=1S/C12H12BrN3O2/c1-2-18-12(17)11-8-16(15-14-11)7-9-5-3-4-6-10(9)13/h3-6,8H,2,7H2,1H3. The van der Waals surface area contributed by atoms with Crippen LogP contribution in [0.25, 0.3) is 0 Å². The zero-order valence-corrected chi connectivity index (χ0v) is 11.4. The molecule has 0 radical (unpaired) electrons. The molecule has 0 aliphatic carbocycles. The van der Waals surface area contributed by atoms with Crippen molar-refractivity contribution in [1.29, 1.82) is 0 Å². The Labute approximate surface area is 113 Å². The summed E-state index contributed by atoms with van der Waals surface area (Å²) in [6, 6.07) is 7.83. The Bertz CT molecular complexity index is 554. The van der Waals surface area contributed by atoms with Gasteiger partial charge in [-0.05, 0) is 18.6 Å². The second kappa shape index (κ2) is 5.77. The number of aromatic nitrogens is 3. The summed E-state index contributed by atoms with van der Waals surface area (Å²) in [5.41, 5.74) is 1.29. The SMILES string of the molecule is CCOC(=O)c1cn(Cc2ccccc2Br)nn1. The Morgan fingerprint density at radius 2 is 2.22 bits per heavy atom. The zero-order chi connectivity index (χ0) is 13.0. The second-order valence-electron chi connectivity index (χ2n) is 3.61. The molecule has 18 heavy (non-hydrogen) atoms. The van der Waals surface area contributed by atoms with Gasteiger partial charge in [0.1, 0.15) is 0 Å². The van der Waals surface area contributed by atoms with Gasteiger partial charge in [0, 0.05) is 4.47 Å². The molecular formula is C12H12BrN3O2. The van der Waals surface area contributed by atoms with Gasteiger partial charge >= 0.3 is 5.97 Å². The van der Waals surface area contributed by atoms with Crippen molar-refractivity contribution in [3.05, 3.63) is 46.2 Å². The molecule has 0 amide bonds. The number of ether oxygens (including phenoxy) is 1. The maximum atomic E-state index is 11.4. The molecule has 1 aromatic carbocycles. The Morgan fingerprint density at radius 3 is 2.94 bits per heavy atom. The first-order chi connectivity index (χ1) is 8.70. The predicted octanol–water partition coefficient (Wildman–Crippen LogP) is 2.27. The van der Waals surface area contributed by atoms with Crippen molar-refractivity contribution in [2.75, 3.05) is 6.61 Å². The summed E-state index contributed by atoms with van der Waals surface area (Å²) < 4.78 is 7.45. The fourth-order valence-corrected chi connectivity index (χ4v) is 1.89. The average molecular weight is 310 g/mol. The third-order valence-electron chi connectivity index (χ3n) is 2.31. The van der Waals surface area contributed by atoms with E-state index >= 15 is 0 Å². The third-order valence-corrected chi connectivity index (χ3v) is 3.09. The van der Waals surface area contributed by atoms with Gasteiger partial charge in [-0.15, -0.1) is 5.10 Å². The van der Waals surface area contributed by atoms with Crippen LogP contribution >= 0.6 is 15.9 Å². The number of halogens is 1. The second-order valence-corrected chi connectivity index (χ2v) is 4.47. The molecule has 0 unspecified atom stereocenters. The summed E-state index contributed by atoms with van der Waals surface area (Å²) in [7, 11) is 0. The van der Waals surface area contributed by atoms with E-state index in [4.69, 9.17) is 4.74 Å². The first kappa shape index (κ1) is 12.8. The van der Waals surface area contributed by atoms with E-state index in [2.05, 4.69) is 26.2 Å². The highest BCUT2D eigenvalue weighted by Crippen LogP contribution is 2.16. The minimum absolute atomic E-state index is 0.226. The Morgan fingerprint density at radius 1 is 1.44 bits per heavy atom. The van der Waals surface area contributed by atoms with E-state index < -0.39 is 5.97 Å². The molecular weight excluding hydrogens is 298 g/mol. The molecule has 0 atom stereocenters. The van der Waals surface area contributed by atoms with Crippen LogP contribution in [0.4, 0.5) is 0 Å². The first-order valence-electron chi connectivity index (χ1n) is 5.51. The maximum Gasteiger partial charge on any atom is 0.360 e. The fourth-order valence-electron chi connectivity index (χ4n) is 1.48. The van der Waals surface area contributed by atoms with Gasteiger partial charge in [-0.1, -0.05) is 39.3 Å². The van der Waals surface area contributed by atoms with Crippen molar-refractivity contribution in [3.8, 4) is 0 Å². The lowest BCUT2D eigenvalue weighted by Crippen LogP contribution is -2.05. The van der Waals surface area contributed by atoms with E-state index in [1.807, 2.05) is 24.3 Å². The van der Waals surface area contributed by atoms with Crippen LogP contribution in [0.15, 0.2) is 34.9 Å². The van der Waals surface area contributed by atoms with Crippen LogP contribution < -0.4 is 0 Å². The summed E-state index contributed by atoms with van der Waals surface area (Å²) in [4.78, 5) is 11.4. The summed E-state index contributed by atoms with van der Waals surface area (Å²) in [5.74, 6) is -0.448. The lowest BCUT2D eigenvalue weighted by Gasteiger charge is -2.02. The lowest BCUT2D eigenvalue weighted by molar-refractivity contribution is 0.0519. The number of rotatable bonds is 4. The van der Waals surface area contributed by atoms with E-state index in [0.717, 1.165) is 10.0 Å². The minimum Gasteiger partial charge on any atom is -0.461 e. The molecule has 0 bridgehead atoms. The number of hydrogen-bond donors (Lipinski definition) is 0. The van der Waals surface area contributed by atoms with Crippen molar-refractivity contribution in [3.63, 3.8) is 0 Å². The molecule has 0 aliphatic rings. The highest BCUT2D eigenvalue weighted by atomic mass is 79.9. The Balaban J connectivity index is 2.12. The maximum absolute atomic E-state index is 11.4. The van der Waals surface area contributed by atoms with Crippen LogP contribution in [-0.4, -0.2) is 27.6 Å². The number of carbonyl (C=O) groups excluding carboxylic acids is 1. The summed E-state index contributed by atoms with van der Waals surface area (Å²) in [6.45, 7) is 2.63. The van der Waals surface area contributed by atoms with E-state index in [1.165, 1.54) is 0 Å². The zero-order valence-electron chi connectivity index (χ0n) is 9.84. The fraction of sp³-hybridized carbons (Fsp3) is 0.250. The lowest BCUT2D eigenvalue weighted by atomic mass is 10.2. The molecule has 0 N–H and O–H groups in total. The van der Waals surface area contributed by atoms with Crippen LogP contribution in [0, 0.1) is 0 Å². The summed E-state index contributed by atoms with van der Waals surface area (Å²) in [6.07, 6.45) is 1.58. The van der Waals surface area contributed by atoms with Gasteiger partial charge in [-0.2, -0.15) is 0 Å². The number of hydrogen-bond acceptors (Lipinski definition) is 4.